The molecule has 3 nitrogen and oxygen atoms in total. The first-order chi connectivity index (χ1) is 6.59. The lowest BCUT2D eigenvalue weighted by Gasteiger charge is -2.30. The van der Waals surface area contributed by atoms with Crippen molar-refractivity contribution < 1.29 is 9.18 Å². The highest BCUT2D eigenvalue weighted by Gasteiger charge is 2.27. The molecule has 1 atom stereocenters. The topological polar surface area (TPSA) is 46.3 Å². The summed E-state index contributed by atoms with van der Waals surface area (Å²) in [6, 6.07) is 3.65. The zero-order valence-corrected chi connectivity index (χ0v) is 7.83. The first-order valence-corrected chi connectivity index (χ1v) is 4.40. The van der Waals surface area contributed by atoms with Gasteiger partial charge in [-0.25, -0.2) is 4.39 Å². The number of halogens is 1. The van der Waals surface area contributed by atoms with Gasteiger partial charge in [-0.05, 0) is 18.2 Å². The Balaban J connectivity index is 2.56. The predicted octanol–water partition coefficient (Wildman–Crippen LogP) is 0.785. The molecule has 0 amide bonds. The second kappa shape index (κ2) is 3.06. The van der Waals surface area contributed by atoms with Gasteiger partial charge in [0, 0.05) is 24.8 Å². The molecular weight excluding hydrogens is 183 g/mol. The number of hydrogen-bond donors (Lipinski definition) is 1. The van der Waals surface area contributed by atoms with Gasteiger partial charge in [-0.1, -0.05) is 0 Å². The molecule has 0 spiro atoms. The number of carbonyl (C=O) groups excluding carboxylic acids is 1. The molecule has 1 aromatic rings. The molecule has 74 valence electrons. The third kappa shape index (κ3) is 1.28. The minimum absolute atomic E-state index is 0.183. The van der Waals surface area contributed by atoms with Crippen molar-refractivity contribution in [3.8, 4) is 0 Å². The summed E-state index contributed by atoms with van der Waals surface area (Å²) in [4.78, 5) is 13.5. The van der Waals surface area contributed by atoms with Crippen LogP contribution in [-0.2, 0) is 0 Å². The molecule has 14 heavy (non-hydrogen) atoms. The number of likely N-dealkylation sites (N-methyl/N-ethyl adjacent to an activating group) is 1. The first kappa shape index (κ1) is 9.15. The van der Waals surface area contributed by atoms with Crippen molar-refractivity contribution >= 4 is 11.5 Å². The van der Waals surface area contributed by atoms with Crippen LogP contribution in [-0.4, -0.2) is 25.4 Å². The van der Waals surface area contributed by atoms with E-state index >= 15 is 0 Å². The van der Waals surface area contributed by atoms with Crippen LogP contribution in [0.15, 0.2) is 18.2 Å². The quantitative estimate of drug-likeness (QED) is 0.664. The van der Waals surface area contributed by atoms with Crippen molar-refractivity contribution in [1.82, 2.24) is 0 Å². The average Bonchev–Trinajstić information content (AvgIpc) is 2.14. The number of anilines is 1. The fraction of sp³-hybridized carbons (Fsp3) is 0.300. The number of ketones is 1. The summed E-state index contributed by atoms with van der Waals surface area (Å²) >= 11 is 0. The smallest absolute Gasteiger partial charge is 0.183 e. The van der Waals surface area contributed by atoms with E-state index in [-0.39, 0.29) is 5.78 Å². The van der Waals surface area contributed by atoms with Crippen LogP contribution in [0.3, 0.4) is 0 Å². The molecule has 1 aliphatic rings. The Hall–Kier alpha value is -1.42. The maximum atomic E-state index is 12.9. The standard InChI is InChI=1S/C10H11FN2O/c1-13-5-8(12)10(14)7-4-6(11)2-3-9(7)13/h2-4,8H,5,12H2,1H3. The molecule has 1 aromatic carbocycles. The van der Waals surface area contributed by atoms with Crippen LogP contribution in [0.2, 0.25) is 0 Å². The highest BCUT2D eigenvalue weighted by atomic mass is 19.1. The van der Waals surface area contributed by atoms with Gasteiger partial charge in [0.2, 0.25) is 0 Å². The van der Waals surface area contributed by atoms with Gasteiger partial charge in [0.25, 0.3) is 0 Å². The van der Waals surface area contributed by atoms with Crippen molar-refractivity contribution in [3.63, 3.8) is 0 Å². The molecule has 0 fully saturated rings. The Kier molecular flexibility index (Phi) is 2.00. The second-order valence-electron chi connectivity index (χ2n) is 3.51. The summed E-state index contributed by atoms with van der Waals surface area (Å²) in [5.74, 6) is -0.586. The molecular formula is C10H11FN2O. The summed E-state index contributed by atoms with van der Waals surface area (Å²) in [5.41, 5.74) is 6.75. The molecule has 2 rings (SSSR count). The number of hydrogen-bond acceptors (Lipinski definition) is 3. The van der Waals surface area contributed by atoms with E-state index in [0.29, 0.717) is 12.1 Å². The fourth-order valence-electron chi connectivity index (χ4n) is 1.71. The molecule has 2 N–H and O–H groups in total. The van der Waals surface area contributed by atoms with E-state index in [1.165, 1.54) is 12.1 Å². The molecule has 0 bridgehead atoms. The lowest BCUT2D eigenvalue weighted by molar-refractivity contribution is 0.0958. The summed E-state index contributed by atoms with van der Waals surface area (Å²) in [7, 11) is 1.84. The zero-order valence-electron chi connectivity index (χ0n) is 7.83. The molecule has 0 aromatic heterocycles. The minimum Gasteiger partial charge on any atom is -0.372 e. The molecule has 1 aliphatic heterocycles. The van der Waals surface area contributed by atoms with Crippen molar-refractivity contribution in [2.45, 2.75) is 6.04 Å². The van der Waals surface area contributed by atoms with E-state index < -0.39 is 11.9 Å². The maximum Gasteiger partial charge on any atom is 0.183 e. The van der Waals surface area contributed by atoms with Crippen LogP contribution in [0.4, 0.5) is 10.1 Å². The highest BCUT2D eigenvalue weighted by molar-refractivity contribution is 6.06. The molecule has 1 unspecified atom stereocenters. The number of nitrogens with two attached hydrogens (primary N) is 1. The Morgan fingerprint density at radius 2 is 2.29 bits per heavy atom. The van der Waals surface area contributed by atoms with Gasteiger partial charge in [-0.3, -0.25) is 4.79 Å². The molecule has 0 saturated heterocycles. The van der Waals surface area contributed by atoms with Crippen LogP contribution in [0, 0.1) is 5.82 Å². The first-order valence-electron chi connectivity index (χ1n) is 4.40. The van der Waals surface area contributed by atoms with Crippen molar-refractivity contribution in [2.24, 2.45) is 5.73 Å². The van der Waals surface area contributed by atoms with Crippen LogP contribution in [0.1, 0.15) is 10.4 Å². The minimum atomic E-state index is -0.547. The monoisotopic (exact) mass is 194 g/mol. The number of nitrogens with zero attached hydrogens (tertiary/aromatic N) is 1. The predicted molar refractivity (Wildman–Crippen MR) is 52.0 cm³/mol. The Morgan fingerprint density at radius 3 is 3.00 bits per heavy atom. The number of benzene rings is 1. The van der Waals surface area contributed by atoms with Gasteiger partial charge < -0.3 is 10.6 Å². The summed E-state index contributed by atoms with van der Waals surface area (Å²) in [6.07, 6.45) is 0. The van der Waals surface area contributed by atoms with Crippen molar-refractivity contribution in [3.05, 3.63) is 29.6 Å². The van der Waals surface area contributed by atoms with Gasteiger partial charge in [-0.15, -0.1) is 0 Å². The van der Waals surface area contributed by atoms with Gasteiger partial charge >= 0.3 is 0 Å². The highest BCUT2D eigenvalue weighted by Crippen LogP contribution is 2.25. The fourth-order valence-corrected chi connectivity index (χ4v) is 1.71. The number of Topliss-reactive ketones (excluding diaryl/α,β-unsaturated/α-hetero) is 1. The van der Waals surface area contributed by atoms with E-state index in [1.54, 1.807) is 6.07 Å². The zero-order chi connectivity index (χ0) is 10.3. The molecule has 0 saturated carbocycles. The van der Waals surface area contributed by atoms with Gasteiger partial charge in [-0.2, -0.15) is 0 Å². The van der Waals surface area contributed by atoms with Crippen LogP contribution in [0.25, 0.3) is 0 Å². The number of carbonyl (C=O) groups is 1. The number of fused-ring (bicyclic) bond motifs is 1. The second-order valence-corrected chi connectivity index (χ2v) is 3.51. The van der Waals surface area contributed by atoms with Crippen molar-refractivity contribution in [1.29, 1.82) is 0 Å². The Morgan fingerprint density at radius 1 is 1.57 bits per heavy atom. The maximum absolute atomic E-state index is 12.9. The molecule has 0 radical (unpaired) electrons. The van der Waals surface area contributed by atoms with E-state index in [9.17, 15) is 9.18 Å². The van der Waals surface area contributed by atoms with Gasteiger partial charge in [0.1, 0.15) is 5.82 Å². The van der Waals surface area contributed by atoms with Crippen LogP contribution >= 0.6 is 0 Å². The summed E-state index contributed by atoms with van der Waals surface area (Å²) < 4.78 is 12.9. The molecule has 0 aliphatic carbocycles. The SMILES string of the molecule is CN1CC(N)C(=O)c2cc(F)ccc21. The number of rotatable bonds is 0. The molecule has 4 heteroatoms. The van der Waals surface area contributed by atoms with E-state index in [1.807, 2.05) is 11.9 Å². The summed E-state index contributed by atoms with van der Waals surface area (Å²) in [5, 5.41) is 0. The van der Waals surface area contributed by atoms with Gasteiger partial charge in [0.15, 0.2) is 5.78 Å². The lowest BCUT2D eigenvalue weighted by atomic mass is 9.97. The average molecular weight is 194 g/mol. The third-order valence-electron chi connectivity index (χ3n) is 2.44. The summed E-state index contributed by atoms with van der Waals surface area (Å²) in [6.45, 7) is 0.484. The molecule has 1 heterocycles. The van der Waals surface area contributed by atoms with E-state index in [2.05, 4.69) is 0 Å². The van der Waals surface area contributed by atoms with Crippen molar-refractivity contribution in [2.75, 3.05) is 18.5 Å². The van der Waals surface area contributed by atoms with Gasteiger partial charge in [0.05, 0.1) is 6.04 Å². The third-order valence-corrected chi connectivity index (χ3v) is 2.44. The van der Waals surface area contributed by atoms with Crippen LogP contribution in [0.5, 0.6) is 0 Å². The van der Waals surface area contributed by atoms with Crippen LogP contribution < -0.4 is 10.6 Å². The Bertz CT molecular complexity index is 392. The van der Waals surface area contributed by atoms with E-state index in [0.717, 1.165) is 5.69 Å². The normalized spacial score (nSPS) is 20.9. The Labute approximate surface area is 81.3 Å². The largest absolute Gasteiger partial charge is 0.372 e. The van der Waals surface area contributed by atoms with E-state index in [4.69, 9.17) is 5.73 Å². The lowest BCUT2D eigenvalue weighted by Crippen LogP contribution is -2.46.